The quantitative estimate of drug-likeness (QED) is 0.241. The molecule has 0 aliphatic heterocycles. The molecule has 0 saturated carbocycles. The molecule has 1 heterocycles. The molecule has 8 heteroatoms. The average Bonchev–Trinajstić information content (AvgIpc) is 2.75. The lowest BCUT2D eigenvalue weighted by Crippen LogP contribution is -2.19. The number of carbonyl (C=O) groups excluding carboxylic acids is 2. The number of carbonyl (C=O) groups is 2. The van der Waals surface area contributed by atoms with Crippen molar-refractivity contribution >= 4 is 35.0 Å². The topological polar surface area (TPSA) is 96.3 Å². The molecule has 0 saturated heterocycles. The van der Waals surface area contributed by atoms with Gasteiger partial charge in [0.05, 0.1) is 5.71 Å². The molecule has 1 aromatic heterocycles. The molecule has 2 N–H and O–H groups in total. The van der Waals surface area contributed by atoms with Gasteiger partial charge in [-0.05, 0) is 62.2 Å². The van der Waals surface area contributed by atoms with Crippen molar-refractivity contribution in [3.05, 3.63) is 82.7 Å². The first-order chi connectivity index (χ1) is 15.3. The minimum atomic E-state index is -0.292. The Morgan fingerprint density at radius 3 is 2.28 bits per heavy atom. The summed E-state index contributed by atoms with van der Waals surface area (Å²) in [4.78, 5) is 32.5. The summed E-state index contributed by atoms with van der Waals surface area (Å²) in [6.45, 7) is 7.16. The van der Waals surface area contributed by atoms with Crippen LogP contribution >= 0.6 is 11.8 Å². The highest BCUT2D eigenvalue weighted by Gasteiger charge is 2.07. The first-order valence-corrected chi connectivity index (χ1v) is 11.1. The van der Waals surface area contributed by atoms with Crippen LogP contribution in [0.1, 0.15) is 46.7 Å². The number of aryl methyl sites for hydroxylation is 2. The van der Waals surface area contributed by atoms with E-state index in [0.29, 0.717) is 22.7 Å². The van der Waals surface area contributed by atoms with Crippen molar-refractivity contribution in [3.63, 3.8) is 0 Å². The van der Waals surface area contributed by atoms with E-state index in [-0.39, 0.29) is 11.8 Å². The molecule has 0 fully saturated rings. The van der Waals surface area contributed by atoms with E-state index in [1.807, 2.05) is 44.2 Å². The number of anilines is 1. The Morgan fingerprint density at radius 2 is 1.62 bits per heavy atom. The fourth-order valence-electron chi connectivity index (χ4n) is 2.95. The summed E-state index contributed by atoms with van der Waals surface area (Å²) in [5.74, 6) is 0.278. The molecule has 164 valence electrons. The molecule has 0 spiro atoms. The lowest BCUT2D eigenvalue weighted by atomic mass is 10.1. The lowest BCUT2D eigenvalue weighted by molar-refractivity contribution is -0.114. The van der Waals surface area contributed by atoms with Gasteiger partial charge < -0.3 is 5.32 Å². The van der Waals surface area contributed by atoms with Crippen molar-refractivity contribution in [2.24, 2.45) is 5.10 Å². The van der Waals surface area contributed by atoms with Crippen LogP contribution in [0.15, 0.2) is 64.9 Å². The van der Waals surface area contributed by atoms with Gasteiger partial charge in [-0.15, -0.1) is 0 Å². The molecule has 0 aliphatic carbocycles. The summed E-state index contributed by atoms with van der Waals surface area (Å²) >= 11 is 1.56. The number of hydrogen-bond acceptors (Lipinski definition) is 6. The van der Waals surface area contributed by atoms with Crippen LogP contribution in [0.3, 0.4) is 0 Å². The van der Waals surface area contributed by atoms with Crippen molar-refractivity contribution in [2.75, 3.05) is 5.32 Å². The Kier molecular flexibility index (Phi) is 7.72. The monoisotopic (exact) mass is 447 g/mol. The van der Waals surface area contributed by atoms with Gasteiger partial charge in [-0.1, -0.05) is 36.0 Å². The molecule has 2 aromatic carbocycles. The highest BCUT2D eigenvalue weighted by atomic mass is 32.2. The largest absolute Gasteiger partial charge is 0.326 e. The summed E-state index contributed by atoms with van der Waals surface area (Å²) in [6, 6.07) is 16.6. The number of thioether (sulfide) groups is 1. The summed E-state index contributed by atoms with van der Waals surface area (Å²) in [6.07, 6.45) is 0. The number of nitrogens with one attached hydrogen (secondary N) is 2. The standard InChI is InChI=1S/C24H25N5O2S/c1-15-12-16(2)26-24(25-15)32-14-19-8-10-20(11-9-19)23(31)29-28-17(3)21-6-5-7-22(13-21)27-18(4)30/h5-13H,14H2,1-4H3,(H,27,30)(H,29,31). The highest BCUT2D eigenvalue weighted by Crippen LogP contribution is 2.20. The number of hydrogen-bond donors (Lipinski definition) is 2. The Morgan fingerprint density at radius 1 is 0.938 bits per heavy atom. The van der Waals surface area contributed by atoms with Crippen LogP contribution in [-0.4, -0.2) is 27.5 Å². The van der Waals surface area contributed by atoms with E-state index in [2.05, 4.69) is 25.8 Å². The molecule has 0 radical (unpaired) electrons. The van der Waals surface area contributed by atoms with Gasteiger partial charge in [0.15, 0.2) is 5.16 Å². The molecule has 0 atom stereocenters. The van der Waals surface area contributed by atoms with Crippen LogP contribution in [0.5, 0.6) is 0 Å². The summed E-state index contributed by atoms with van der Waals surface area (Å²) in [7, 11) is 0. The van der Waals surface area contributed by atoms with Crippen LogP contribution in [0.2, 0.25) is 0 Å². The average molecular weight is 448 g/mol. The van der Waals surface area contributed by atoms with Gasteiger partial charge in [0, 0.05) is 35.3 Å². The van der Waals surface area contributed by atoms with E-state index in [0.717, 1.165) is 27.7 Å². The van der Waals surface area contributed by atoms with Crippen molar-refractivity contribution in [3.8, 4) is 0 Å². The molecule has 0 bridgehead atoms. The minimum Gasteiger partial charge on any atom is -0.326 e. The van der Waals surface area contributed by atoms with E-state index in [9.17, 15) is 9.59 Å². The number of amides is 2. The SMILES string of the molecule is CC(=O)Nc1cccc(C(C)=NNC(=O)c2ccc(CSc3nc(C)cc(C)n3)cc2)c1. The van der Waals surface area contributed by atoms with E-state index < -0.39 is 0 Å². The molecule has 0 unspecified atom stereocenters. The maximum Gasteiger partial charge on any atom is 0.271 e. The lowest BCUT2D eigenvalue weighted by Gasteiger charge is -2.07. The summed E-state index contributed by atoms with van der Waals surface area (Å²) < 4.78 is 0. The number of aromatic nitrogens is 2. The second-order valence-electron chi connectivity index (χ2n) is 7.32. The third-order valence-corrected chi connectivity index (χ3v) is 5.39. The van der Waals surface area contributed by atoms with E-state index in [1.54, 1.807) is 43.0 Å². The third-order valence-electron chi connectivity index (χ3n) is 4.47. The van der Waals surface area contributed by atoms with Crippen LogP contribution < -0.4 is 10.7 Å². The van der Waals surface area contributed by atoms with Crippen molar-refractivity contribution in [2.45, 2.75) is 38.6 Å². The fourth-order valence-corrected chi connectivity index (χ4v) is 3.85. The number of nitrogens with zero attached hydrogens (tertiary/aromatic N) is 3. The molecule has 0 aliphatic rings. The highest BCUT2D eigenvalue weighted by molar-refractivity contribution is 7.98. The number of benzene rings is 2. The fraction of sp³-hybridized carbons (Fsp3) is 0.208. The van der Waals surface area contributed by atoms with Crippen LogP contribution in [-0.2, 0) is 10.5 Å². The van der Waals surface area contributed by atoms with Crippen LogP contribution in [0.25, 0.3) is 0 Å². The van der Waals surface area contributed by atoms with Crippen molar-refractivity contribution < 1.29 is 9.59 Å². The van der Waals surface area contributed by atoms with Gasteiger partial charge in [0.25, 0.3) is 5.91 Å². The van der Waals surface area contributed by atoms with Crippen molar-refractivity contribution in [1.29, 1.82) is 0 Å². The molecule has 2 amide bonds. The zero-order valence-corrected chi connectivity index (χ0v) is 19.3. The van der Waals surface area contributed by atoms with Crippen LogP contribution in [0, 0.1) is 13.8 Å². The van der Waals surface area contributed by atoms with Gasteiger partial charge in [-0.2, -0.15) is 5.10 Å². The van der Waals surface area contributed by atoms with E-state index >= 15 is 0 Å². The molecular formula is C24H25N5O2S. The normalized spacial score (nSPS) is 11.2. The molecule has 3 rings (SSSR count). The van der Waals surface area contributed by atoms with Crippen molar-refractivity contribution in [1.82, 2.24) is 15.4 Å². The Hall–Kier alpha value is -3.52. The van der Waals surface area contributed by atoms with Gasteiger partial charge >= 0.3 is 0 Å². The minimum absolute atomic E-state index is 0.145. The number of hydrazone groups is 1. The predicted octanol–water partition coefficient (Wildman–Crippen LogP) is 4.50. The molecule has 3 aromatic rings. The maximum absolute atomic E-state index is 12.5. The van der Waals surface area contributed by atoms with Gasteiger partial charge in [-0.3, -0.25) is 9.59 Å². The van der Waals surface area contributed by atoms with E-state index in [1.165, 1.54) is 6.92 Å². The zero-order valence-electron chi connectivity index (χ0n) is 18.5. The second-order valence-corrected chi connectivity index (χ2v) is 8.26. The Bertz CT molecular complexity index is 1140. The molecule has 32 heavy (non-hydrogen) atoms. The Balaban J connectivity index is 1.59. The third kappa shape index (κ3) is 6.75. The zero-order chi connectivity index (χ0) is 23.1. The van der Waals surface area contributed by atoms with E-state index in [4.69, 9.17) is 0 Å². The smallest absolute Gasteiger partial charge is 0.271 e. The number of rotatable bonds is 7. The molecular weight excluding hydrogens is 422 g/mol. The maximum atomic E-state index is 12.5. The molecule has 7 nitrogen and oxygen atoms in total. The van der Waals surface area contributed by atoms with Gasteiger partial charge in [-0.25, -0.2) is 15.4 Å². The summed E-state index contributed by atoms with van der Waals surface area (Å²) in [5.41, 5.74) is 8.18. The first-order valence-electron chi connectivity index (χ1n) is 10.1. The van der Waals surface area contributed by atoms with Gasteiger partial charge in [0.2, 0.25) is 5.91 Å². The summed E-state index contributed by atoms with van der Waals surface area (Å²) in [5, 5.41) is 7.67. The van der Waals surface area contributed by atoms with Crippen LogP contribution in [0.4, 0.5) is 5.69 Å². The predicted molar refractivity (Wildman–Crippen MR) is 128 cm³/mol. The second kappa shape index (κ2) is 10.7. The Labute approximate surface area is 191 Å². The van der Waals surface area contributed by atoms with Gasteiger partial charge in [0.1, 0.15) is 0 Å². The first kappa shape index (κ1) is 23.1.